The maximum absolute atomic E-state index is 13.3. The Balaban J connectivity index is 0.000000178. The van der Waals surface area contributed by atoms with Gasteiger partial charge in [0.25, 0.3) is 11.1 Å². The molecule has 5 atom stereocenters. The van der Waals surface area contributed by atoms with Crippen LogP contribution in [0.1, 0.15) is 76.9 Å². The van der Waals surface area contributed by atoms with Crippen molar-refractivity contribution in [3.05, 3.63) is 145 Å². The fourth-order valence-electron chi connectivity index (χ4n) is 7.07. The minimum absolute atomic E-state index is 0.0572. The van der Waals surface area contributed by atoms with Crippen molar-refractivity contribution in [1.82, 2.24) is 28.7 Å². The number of aryl methyl sites for hydroxylation is 3. The van der Waals surface area contributed by atoms with Crippen molar-refractivity contribution in [2.24, 2.45) is 11.0 Å². The van der Waals surface area contributed by atoms with Crippen LogP contribution in [0.3, 0.4) is 0 Å². The number of anilines is 1. The van der Waals surface area contributed by atoms with Gasteiger partial charge in [0.15, 0.2) is 0 Å². The number of aliphatic hydroxyl groups excluding tert-OH is 2. The highest BCUT2D eigenvalue weighted by molar-refractivity contribution is 8.00. The summed E-state index contributed by atoms with van der Waals surface area (Å²) in [6.45, 7) is 7.32. The first-order chi connectivity index (χ1) is 28.7. The van der Waals surface area contributed by atoms with Crippen LogP contribution in [0.4, 0.5) is 5.82 Å². The fourth-order valence-corrected chi connectivity index (χ4v) is 8.00. The van der Waals surface area contributed by atoms with E-state index in [0.29, 0.717) is 35.4 Å². The summed E-state index contributed by atoms with van der Waals surface area (Å²) in [5.74, 6) is 0.828. The van der Waals surface area contributed by atoms with E-state index in [1.807, 2.05) is 39.0 Å². The minimum Gasteiger partial charge on any atom is -0.394 e. The summed E-state index contributed by atoms with van der Waals surface area (Å²) in [5, 5.41) is 21.5. The fraction of sp³-hybridized carbons (Fsp3) is 0.462. The third kappa shape index (κ3) is 10.9. The number of allylic oxidation sites excluding steroid dienone is 2. The first kappa shape index (κ1) is 45.3. The number of hydrogen-bond acceptors (Lipinski definition) is 14. The molecular weight excluding hydrogens is 801 g/mol. The van der Waals surface area contributed by atoms with Gasteiger partial charge in [-0.2, -0.15) is 4.98 Å². The number of azide groups is 1. The van der Waals surface area contributed by atoms with E-state index >= 15 is 0 Å². The van der Waals surface area contributed by atoms with Gasteiger partial charge in [0.05, 0.1) is 25.4 Å². The van der Waals surface area contributed by atoms with Crippen LogP contribution in [0.2, 0.25) is 0 Å². The molecule has 0 unspecified atom stereocenters. The van der Waals surface area contributed by atoms with Crippen LogP contribution in [0.25, 0.3) is 10.4 Å². The SMILES string of the molecule is CCc1c(C(=O)c2cc(C)cc(C)c2)n(CC2CC=CC2)c(=O)[nH]c1=O.Cc1cn([C@H]2C[C@H](N=[N+]=[N-])[C@@H](CO)O2)c(=O)[nH]c1=O.Nc1ccn([C@@H]2CS[C@H](CO)O2)c(=O)n1. The zero-order chi connectivity index (χ0) is 43.7. The van der Waals surface area contributed by atoms with Crippen molar-refractivity contribution in [2.75, 3.05) is 24.7 Å². The predicted molar refractivity (Wildman–Crippen MR) is 223 cm³/mol. The van der Waals surface area contributed by atoms with E-state index in [-0.39, 0.29) is 54.5 Å². The highest BCUT2D eigenvalue weighted by atomic mass is 32.2. The predicted octanol–water partition coefficient (Wildman–Crippen LogP) is 2.12. The van der Waals surface area contributed by atoms with Crippen LogP contribution >= 0.6 is 11.8 Å². The molecule has 20 nitrogen and oxygen atoms in total. The van der Waals surface area contributed by atoms with E-state index in [1.165, 1.54) is 31.7 Å². The summed E-state index contributed by atoms with van der Waals surface area (Å²) in [5.41, 5.74) is 14.5. The van der Waals surface area contributed by atoms with Gasteiger partial charge in [-0.05, 0) is 69.7 Å². The molecule has 21 heteroatoms. The standard InChI is InChI=1S/C21H24N2O3.C10H13N5O4.C8H11N3O3S/c1-4-17-18(19(24)16-10-13(2)9-14(3)11-16)23(21(26)22-20(17)25)12-15-7-5-6-8-15;1-5-3-15(10(18)12-9(5)17)8-2-6(13-14-11)7(4-16)19-8;9-5-1-2-11(8(13)10-5)6-4-15-7(3-12)14-6/h5-6,9-11,15H,4,7-8,12H2,1-3H3,(H,22,25,26);3,6-8,16H,2,4H2,1H3,(H,12,17,18);1-2,6-7,12H,3-4H2,(H2,9,10,13)/t;6-,7+,8+;6-,7+/m.00/s1. The van der Waals surface area contributed by atoms with E-state index in [9.17, 15) is 28.8 Å². The van der Waals surface area contributed by atoms with Gasteiger partial charge in [0.1, 0.15) is 29.4 Å². The van der Waals surface area contributed by atoms with E-state index in [1.54, 1.807) is 19.2 Å². The Morgan fingerprint density at radius 2 is 1.67 bits per heavy atom. The summed E-state index contributed by atoms with van der Waals surface area (Å²) in [6, 6.07) is 6.61. The van der Waals surface area contributed by atoms with Crippen LogP contribution in [0.5, 0.6) is 0 Å². The number of ketones is 1. The highest BCUT2D eigenvalue weighted by Gasteiger charge is 2.36. The number of ether oxygens (including phenoxy) is 2. The molecular formula is C39H48N10O10S. The quantitative estimate of drug-likeness (QED) is 0.0503. The number of aromatic amines is 2. The first-order valence-electron chi connectivity index (χ1n) is 19.2. The van der Waals surface area contributed by atoms with Gasteiger partial charge in [0, 0.05) is 52.7 Å². The van der Waals surface area contributed by atoms with Crippen molar-refractivity contribution < 1.29 is 24.5 Å². The number of rotatable bonds is 10. The van der Waals surface area contributed by atoms with Gasteiger partial charge in [-0.1, -0.05) is 41.4 Å². The Hall–Kier alpha value is -5.83. The van der Waals surface area contributed by atoms with Gasteiger partial charge in [-0.25, -0.2) is 14.4 Å². The van der Waals surface area contributed by atoms with Gasteiger partial charge in [-0.3, -0.25) is 38.1 Å². The van der Waals surface area contributed by atoms with Gasteiger partial charge >= 0.3 is 17.1 Å². The zero-order valence-electron chi connectivity index (χ0n) is 33.5. The van der Waals surface area contributed by atoms with Crippen molar-refractivity contribution in [3.8, 4) is 0 Å². The van der Waals surface area contributed by atoms with Crippen LogP contribution in [0, 0.1) is 26.7 Å². The second kappa shape index (κ2) is 20.4. The molecule has 0 bridgehead atoms. The number of carbonyl (C=O) groups is 1. The Morgan fingerprint density at radius 1 is 0.983 bits per heavy atom. The Labute approximate surface area is 346 Å². The van der Waals surface area contributed by atoms with Crippen molar-refractivity contribution >= 4 is 23.4 Å². The maximum atomic E-state index is 13.3. The number of carbonyl (C=O) groups excluding carboxylic acids is 1. The summed E-state index contributed by atoms with van der Waals surface area (Å²) in [7, 11) is 0. The number of nitrogens with one attached hydrogen (secondary N) is 2. The lowest BCUT2D eigenvalue weighted by atomic mass is 9.98. The van der Waals surface area contributed by atoms with Gasteiger partial charge in [-0.15, -0.1) is 11.8 Å². The zero-order valence-corrected chi connectivity index (χ0v) is 34.3. The molecule has 2 fully saturated rings. The number of nitrogens with zero attached hydrogens (tertiary/aromatic N) is 7. The molecule has 7 rings (SSSR count). The average molecular weight is 849 g/mol. The first-order valence-corrected chi connectivity index (χ1v) is 20.2. The molecule has 3 aliphatic rings. The molecule has 320 valence electrons. The number of nitrogens with two attached hydrogens (primary N) is 1. The van der Waals surface area contributed by atoms with Crippen LogP contribution < -0.4 is 33.9 Å². The summed E-state index contributed by atoms with van der Waals surface area (Å²) < 4.78 is 14.9. The second-order valence-electron chi connectivity index (χ2n) is 14.4. The maximum Gasteiger partial charge on any atom is 0.351 e. The summed E-state index contributed by atoms with van der Waals surface area (Å²) in [4.78, 5) is 83.4. The molecule has 1 aromatic carbocycles. The highest BCUT2D eigenvalue weighted by Crippen LogP contribution is 2.31. The Bertz CT molecular complexity index is 2550. The number of thioether (sulfide) groups is 1. The number of H-pyrrole nitrogens is 2. The number of nitrogen functional groups attached to an aromatic ring is 1. The number of aromatic nitrogens is 6. The lowest BCUT2D eigenvalue weighted by Crippen LogP contribution is -2.38. The normalized spacial score (nSPS) is 20.8. The van der Waals surface area contributed by atoms with E-state index in [4.69, 9.17) is 31.0 Å². The van der Waals surface area contributed by atoms with E-state index < -0.39 is 46.6 Å². The topological polar surface area (TPSA) is 295 Å². The smallest absolute Gasteiger partial charge is 0.351 e. The Kier molecular flexibility index (Phi) is 15.4. The van der Waals surface area contributed by atoms with E-state index in [2.05, 4.69) is 37.1 Å². The van der Waals surface area contributed by atoms with Crippen molar-refractivity contribution in [3.63, 3.8) is 0 Å². The number of hydrogen-bond donors (Lipinski definition) is 5. The molecule has 0 amide bonds. The molecule has 5 heterocycles. The van der Waals surface area contributed by atoms with Crippen LogP contribution in [-0.4, -0.2) is 81.2 Å². The molecule has 0 radical (unpaired) electrons. The minimum atomic E-state index is -0.671. The van der Waals surface area contributed by atoms with Gasteiger partial charge in [0.2, 0.25) is 5.78 Å². The van der Waals surface area contributed by atoms with Crippen molar-refractivity contribution in [2.45, 2.75) is 90.0 Å². The van der Waals surface area contributed by atoms with Gasteiger partial charge < -0.3 is 25.4 Å². The lowest BCUT2D eigenvalue weighted by Gasteiger charge is -2.18. The van der Waals surface area contributed by atoms with E-state index in [0.717, 1.165) is 24.0 Å². The number of aliphatic hydroxyl groups is 2. The molecule has 2 saturated heterocycles. The van der Waals surface area contributed by atoms with Crippen LogP contribution in [-0.2, 0) is 22.4 Å². The third-order valence-electron chi connectivity index (χ3n) is 9.98. The monoisotopic (exact) mass is 848 g/mol. The molecule has 2 aliphatic heterocycles. The molecule has 60 heavy (non-hydrogen) atoms. The lowest BCUT2D eigenvalue weighted by molar-refractivity contribution is -0.0271. The second-order valence-corrected chi connectivity index (χ2v) is 15.6. The molecule has 4 aromatic rings. The molecule has 6 N–H and O–H groups in total. The number of benzene rings is 1. The molecule has 3 aromatic heterocycles. The largest absolute Gasteiger partial charge is 0.394 e. The molecule has 0 spiro atoms. The third-order valence-corrected chi connectivity index (χ3v) is 11.1. The Morgan fingerprint density at radius 3 is 2.27 bits per heavy atom. The van der Waals surface area contributed by atoms with Crippen molar-refractivity contribution in [1.29, 1.82) is 0 Å². The van der Waals surface area contributed by atoms with Crippen LogP contribution in [0.15, 0.2) is 77.9 Å². The summed E-state index contributed by atoms with van der Waals surface area (Å²) >= 11 is 1.47. The summed E-state index contributed by atoms with van der Waals surface area (Å²) in [6.07, 6.45) is 7.85. The average Bonchev–Trinajstić information content (AvgIpc) is 3.99. The molecule has 1 aliphatic carbocycles. The molecule has 0 saturated carbocycles.